The second-order valence-electron chi connectivity index (χ2n) is 3.43. The number of hydrogen-bond donors (Lipinski definition) is 1. The maximum atomic E-state index is 11.3. The highest BCUT2D eigenvalue weighted by molar-refractivity contribution is 5.94. The number of carbonyl (C=O) groups is 1. The zero-order chi connectivity index (χ0) is 10.1. The van der Waals surface area contributed by atoms with Crippen molar-refractivity contribution < 1.29 is 14.6 Å². The van der Waals surface area contributed by atoms with E-state index in [2.05, 4.69) is 11.7 Å². The first-order valence-electron chi connectivity index (χ1n) is 4.74. The van der Waals surface area contributed by atoms with Gasteiger partial charge < -0.3 is 9.84 Å². The summed E-state index contributed by atoms with van der Waals surface area (Å²) in [6, 6.07) is 5.49. The molecule has 74 valence electrons. The molecule has 0 amide bonds. The van der Waals surface area contributed by atoms with Crippen LogP contribution in [0, 0.1) is 0 Å². The van der Waals surface area contributed by atoms with Crippen molar-refractivity contribution in [3.8, 4) is 0 Å². The summed E-state index contributed by atoms with van der Waals surface area (Å²) in [5.41, 5.74) is 2.19. The first-order chi connectivity index (χ1) is 6.72. The molecular weight excluding hydrogens is 180 g/mol. The van der Waals surface area contributed by atoms with Crippen molar-refractivity contribution >= 4 is 5.97 Å². The highest BCUT2D eigenvalue weighted by Gasteiger charge is 2.29. The molecule has 1 aliphatic heterocycles. The minimum Gasteiger partial charge on any atom is -0.428 e. The van der Waals surface area contributed by atoms with Crippen molar-refractivity contribution in [1.29, 1.82) is 0 Å². The maximum Gasteiger partial charge on any atom is 0.341 e. The van der Waals surface area contributed by atoms with Gasteiger partial charge in [-0.05, 0) is 18.1 Å². The number of ether oxygens (including phenoxy) is 1. The van der Waals surface area contributed by atoms with E-state index in [0.29, 0.717) is 11.1 Å². The van der Waals surface area contributed by atoms with Crippen molar-refractivity contribution in [3.05, 3.63) is 34.9 Å². The smallest absolute Gasteiger partial charge is 0.341 e. The van der Waals surface area contributed by atoms with E-state index in [1.54, 1.807) is 12.1 Å². The van der Waals surface area contributed by atoms with E-state index in [1.807, 2.05) is 6.07 Å². The molecule has 1 aromatic carbocycles. The molecule has 0 aromatic heterocycles. The number of esters is 1. The number of aryl methyl sites for hydroxylation is 1. The first kappa shape index (κ1) is 9.21. The summed E-state index contributed by atoms with van der Waals surface area (Å²) in [4.78, 5) is 11.3. The van der Waals surface area contributed by atoms with Gasteiger partial charge in [-0.25, -0.2) is 4.79 Å². The van der Waals surface area contributed by atoms with Crippen molar-refractivity contribution in [2.75, 3.05) is 0 Å². The van der Waals surface area contributed by atoms with Crippen LogP contribution in [0.25, 0.3) is 0 Å². The Hall–Kier alpha value is -1.35. The molecule has 3 nitrogen and oxygen atoms in total. The van der Waals surface area contributed by atoms with Gasteiger partial charge in [0.1, 0.15) is 0 Å². The molecule has 0 radical (unpaired) electrons. The summed E-state index contributed by atoms with van der Waals surface area (Å²) < 4.78 is 4.68. The minimum atomic E-state index is -1.08. The number of aliphatic hydroxyl groups excluding tert-OH is 1. The molecule has 0 spiro atoms. The second kappa shape index (κ2) is 3.42. The maximum absolute atomic E-state index is 11.3. The molecule has 0 saturated carbocycles. The molecule has 14 heavy (non-hydrogen) atoms. The van der Waals surface area contributed by atoms with Crippen LogP contribution in [-0.2, 0) is 11.2 Å². The summed E-state index contributed by atoms with van der Waals surface area (Å²) in [5.74, 6) is -0.426. The van der Waals surface area contributed by atoms with Gasteiger partial charge in [0.15, 0.2) is 0 Å². The predicted octanol–water partition coefficient (Wildman–Crippen LogP) is 1.80. The van der Waals surface area contributed by atoms with Crippen LogP contribution >= 0.6 is 0 Å². The van der Waals surface area contributed by atoms with Gasteiger partial charge in [-0.15, -0.1) is 0 Å². The minimum absolute atomic E-state index is 0.426. The first-order valence-corrected chi connectivity index (χ1v) is 4.74. The van der Waals surface area contributed by atoms with E-state index in [1.165, 1.54) is 0 Å². The molecule has 2 rings (SSSR count). The van der Waals surface area contributed by atoms with E-state index in [9.17, 15) is 9.90 Å². The molecule has 1 heterocycles. The van der Waals surface area contributed by atoms with Gasteiger partial charge in [0.05, 0.1) is 5.56 Å². The molecule has 1 unspecified atom stereocenters. The van der Waals surface area contributed by atoms with Gasteiger partial charge in [-0.2, -0.15) is 0 Å². The quantitative estimate of drug-likeness (QED) is 0.727. The highest BCUT2D eigenvalue weighted by Crippen LogP contribution is 2.29. The summed E-state index contributed by atoms with van der Waals surface area (Å²) in [7, 11) is 0. The average Bonchev–Trinajstić information content (AvgIpc) is 2.43. The Labute approximate surface area is 82.3 Å². The van der Waals surface area contributed by atoms with Crippen LogP contribution in [0.5, 0.6) is 0 Å². The SMILES string of the molecule is CCCc1ccc2c(c1)C(=O)OC2O. The summed E-state index contributed by atoms with van der Waals surface area (Å²) in [5, 5.41) is 9.33. The van der Waals surface area contributed by atoms with Gasteiger partial charge >= 0.3 is 5.97 Å². The fourth-order valence-corrected chi connectivity index (χ4v) is 1.67. The lowest BCUT2D eigenvalue weighted by Gasteiger charge is -2.02. The normalized spacial score (nSPS) is 19.3. The molecule has 0 saturated heterocycles. The molecule has 1 aliphatic rings. The van der Waals surface area contributed by atoms with Crippen LogP contribution in [0.15, 0.2) is 18.2 Å². The summed E-state index contributed by atoms with van der Waals surface area (Å²) in [6.07, 6.45) is 0.903. The molecule has 0 aliphatic carbocycles. The Kier molecular flexibility index (Phi) is 2.25. The van der Waals surface area contributed by atoms with E-state index in [-0.39, 0.29) is 0 Å². The Morgan fingerprint density at radius 1 is 1.50 bits per heavy atom. The lowest BCUT2D eigenvalue weighted by molar-refractivity contribution is -0.0547. The molecule has 1 aromatic rings. The lowest BCUT2D eigenvalue weighted by atomic mass is 10.0. The molecular formula is C11H12O3. The third-order valence-corrected chi connectivity index (χ3v) is 2.36. The number of hydrogen-bond acceptors (Lipinski definition) is 3. The Balaban J connectivity index is 2.39. The van der Waals surface area contributed by atoms with Crippen molar-refractivity contribution in [3.63, 3.8) is 0 Å². The van der Waals surface area contributed by atoms with Crippen LogP contribution in [0.4, 0.5) is 0 Å². The lowest BCUT2D eigenvalue weighted by Crippen LogP contribution is -1.96. The summed E-state index contributed by atoms with van der Waals surface area (Å²) in [6.45, 7) is 2.08. The van der Waals surface area contributed by atoms with Gasteiger partial charge in [0, 0.05) is 5.56 Å². The standard InChI is InChI=1S/C11H12O3/c1-2-3-7-4-5-8-9(6-7)11(13)14-10(8)12/h4-6,10,12H,2-3H2,1H3. The molecule has 3 heteroatoms. The van der Waals surface area contributed by atoms with Crippen LogP contribution < -0.4 is 0 Å². The Bertz CT molecular complexity index is 371. The van der Waals surface area contributed by atoms with E-state index in [0.717, 1.165) is 18.4 Å². The van der Waals surface area contributed by atoms with Crippen LogP contribution in [0.2, 0.25) is 0 Å². The van der Waals surface area contributed by atoms with E-state index < -0.39 is 12.3 Å². The topological polar surface area (TPSA) is 46.5 Å². The fraction of sp³-hybridized carbons (Fsp3) is 0.364. The highest BCUT2D eigenvalue weighted by atomic mass is 16.6. The number of fused-ring (bicyclic) bond motifs is 1. The number of benzene rings is 1. The monoisotopic (exact) mass is 192 g/mol. The Morgan fingerprint density at radius 2 is 2.29 bits per heavy atom. The number of carbonyl (C=O) groups excluding carboxylic acids is 1. The molecule has 0 fully saturated rings. The van der Waals surface area contributed by atoms with E-state index in [4.69, 9.17) is 0 Å². The number of cyclic esters (lactones) is 1. The number of rotatable bonds is 2. The number of aliphatic hydroxyl groups is 1. The van der Waals surface area contributed by atoms with Gasteiger partial charge in [-0.3, -0.25) is 0 Å². The van der Waals surface area contributed by atoms with E-state index >= 15 is 0 Å². The Morgan fingerprint density at radius 3 is 3.00 bits per heavy atom. The van der Waals surface area contributed by atoms with Crippen molar-refractivity contribution in [1.82, 2.24) is 0 Å². The largest absolute Gasteiger partial charge is 0.428 e. The predicted molar refractivity (Wildman–Crippen MR) is 50.8 cm³/mol. The van der Waals surface area contributed by atoms with Gasteiger partial charge in [0.2, 0.25) is 6.29 Å². The molecule has 1 atom stereocenters. The zero-order valence-electron chi connectivity index (χ0n) is 7.99. The van der Waals surface area contributed by atoms with Crippen LogP contribution in [0.1, 0.15) is 41.1 Å². The van der Waals surface area contributed by atoms with Crippen LogP contribution in [-0.4, -0.2) is 11.1 Å². The molecule has 1 N–H and O–H groups in total. The average molecular weight is 192 g/mol. The third-order valence-electron chi connectivity index (χ3n) is 2.36. The molecule has 0 bridgehead atoms. The fourth-order valence-electron chi connectivity index (χ4n) is 1.67. The van der Waals surface area contributed by atoms with Crippen molar-refractivity contribution in [2.24, 2.45) is 0 Å². The second-order valence-corrected chi connectivity index (χ2v) is 3.43. The van der Waals surface area contributed by atoms with Gasteiger partial charge in [0.25, 0.3) is 0 Å². The van der Waals surface area contributed by atoms with Gasteiger partial charge in [-0.1, -0.05) is 25.5 Å². The van der Waals surface area contributed by atoms with Crippen molar-refractivity contribution in [2.45, 2.75) is 26.1 Å². The third kappa shape index (κ3) is 1.40. The zero-order valence-corrected chi connectivity index (χ0v) is 7.99. The summed E-state index contributed by atoms with van der Waals surface area (Å²) >= 11 is 0. The van der Waals surface area contributed by atoms with Crippen LogP contribution in [0.3, 0.4) is 0 Å².